The van der Waals surface area contributed by atoms with Crippen LogP contribution in [-0.4, -0.2) is 40.0 Å². The van der Waals surface area contributed by atoms with E-state index < -0.39 is 17.6 Å². The third-order valence-corrected chi connectivity index (χ3v) is 7.56. The van der Waals surface area contributed by atoms with E-state index in [4.69, 9.17) is 10.2 Å². The van der Waals surface area contributed by atoms with Crippen molar-refractivity contribution >= 4 is 17.9 Å². The molecule has 8 nitrogen and oxygen atoms in total. The van der Waals surface area contributed by atoms with Gasteiger partial charge in [-0.2, -0.15) is 13.2 Å². The molecule has 5 rings (SSSR count). The smallest absolute Gasteiger partial charge is 0.419 e. The second-order valence-electron chi connectivity index (χ2n) is 10.2. The molecular weight excluding hydrogens is 497 g/mol. The van der Waals surface area contributed by atoms with E-state index in [0.29, 0.717) is 35.1 Å². The standard InChI is InChI=1S/C27H31F3N6O2/c28-27(29,30)21-13-32-25(33-14-21)36-10-4-5-17(16-36)11-18-6-1-2-9-22(18)35-26-34-15-23(38-26)19-7-3-8-20(12-19)24(31)37/h3,7-8,12-15,17-18,22H,1-2,4-6,9-11,16H2,(H2,31,37)(H,34,35)/t17-,18+,22-/m1/s1. The fourth-order valence-electron chi connectivity index (χ4n) is 5.64. The molecule has 2 fully saturated rings. The summed E-state index contributed by atoms with van der Waals surface area (Å²) in [5, 5.41) is 3.50. The molecule has 0 spiro atoms. The van der Waals surface area contributed by atoms with E-state index in [1.165, 1.54) is 0 Å². The first-order valence-electron chi connectivity index (χ1n) is 13.0. The summed E-state index contributed by atoms with van der Waals surface area (Å²) in [6.07, 6.45) is 6.35. The predicted molar refractivity (Wildman–Crippen MR) is 136 cm³/mol. The van der Waals surface area contributed by atoms with Gasteiger partial charge in [-0.3, -0.25) is 4.79 Å². The third-order valence-electron chi connectivity index (χ3n) is 7.56. The fraction of sp³-hybridized carbons (Fsp3) is 0.481. The molecule has 1 saturated carbocycles. The first-order valence-corrected chi connectivity index (χ1v) is 13.0. The van der Waals surface area contributed by atoms with Crippen LogP contribution in [0.1, 0.15) is 60.9 Å². The van der Waals surface area contributed by atoms with E-state index in [1.54, 1.807) is 24.4 Å². The topological polar surface area (TPSA) is 110 Å². The zero-order chi connectivity index (χ0) is 26.7. The van der Waals surface area contributed by atoms with Crippen molar-refractivity contribution < 1.29 is 22.4 Å². The van der Waals surface area contributed by atoms with E-state index >= 15 is 0 Å². The predicted octanol–water partition coefficient (Wildman–Crippen LogP) is 5.53. The van der Waals surface area contributed by atoms with E-state index in [2.05, 4.69) is 20.3 Å². The number of piperidine rings is 1. The summed E-state index contributed by atoms with van der Waals surface area (Å²) < 4.78 is 44.6. The number of halogens is 3. The quantitative estimate of drug-likeness (QED) is 0.415. The van der Waals surface area contributed by atoms with Gasteiger partial charge in [0.1, 0.15) is 0 Å². The number of alkyl halides is 3. The average molecular weight is 529 g/mol. The van der Waals surface area contributed by atoms with Crippen LogP contribution in [-0.2, 0) is 6.18 Å². The van der Waals surface area contributed by atoms with Crippen LogP contribution < -0.4 is 16.0 Å². The van der Waals surface area contributed by atoms with Crippen molar-refractivity contribution in [3.63, 3.8) is 0 Å². The minimum Gasteiger partial charge on any atom is -0.424 e. The maximum atomic E-state index is 12.9. The Labute approximate surface area is 218 Å². The van der Waals surface area contributed by atoms with E-state index in [-0.39, 0.29) is 6.04 Å². The highest BCUT2D eigenvalue weighted by molar-refractivity contribution is 5.93. The fourth-order valence-corrected chi connectivity index (χ4v) is 5.64. The van der Waals surface area contributed by atoms with Crippen molar-refractivity contribution in [2.45, 2.75) is 57.2 Å². The lowest BCUT2D eigenvalue weighted by Gasteiger charge is -2.38. The number of carbonyl (C=O) groups excluding carboxylic acids is 1. The lowest BCUT2D eigenvalue weighted by molar-refractivity contribution is -0.138. The molecule has 202 valence electrons. The number of benzene rings is 1. The average Bonchev–Trinajstić information content (AvgIpc) is 3.38. The Morgan fingerprint density at radius 1 is 1.08 bits per heavy atom. The number of carbonyl (C=O) groups is 1. The number of primary amides is 1. The van der Waals surface area contributed by atoms with Crippen LogP contribution in [0.15, 0.2) is 47.3 Å². The Morgan fingerprint density at radius 3 is 2.63 bits per heavy atom. The second-order valence-corrected chi connectivity index (χ2v) is 10.2. The number of hydrogen-bond donors (Lipinski definition) is 2. The van der Waals surface area contributed by atoms with Gasteiger partial charge >= 0.3 is 6.18 Å². The van der Waals surface area contributed by atoms with Crippen molar-refractivity contribution in [2.75, 3.05) is 23.3 Å². The Bertz CT molecular complexity index is 1250. The number of aromatic nitrogens is 3. The number of anilines is 2. The van der Waals surface area contributed by atoms with Gasteiger partial charge in [-0.15, -0.1) is 0 Å². The molecule has 1 aliphatic heterocycles. The molecule has 1 aromatic carbocycles. The maximum Gasteiger partial charge on any atom is 0.419 e. The van der Waals surface area contributed by atoms with Crippen LogP contribution in [0.3, 0.4) is 0 Å². The lowest BCUT2D eigenvalue weighted by Crippen LogP contribution is -2.40. The lowest BCUT2D eigenvalue weighted by atomic mass is 9.77. The first kappa shape index (κ1) is 26.0. The molecule has 3 heterocycles. The number of oxazole rings is 1. The number of nitrogens with zero attached hydrogens (tertiary/aromatic N) is 4. The van der Waals surface area contributed by atoms with Gasteiger partial charge in [0.25, 0.3) is 6.01 Å². The summed E-state index contributed by atoms with van der Waals surface area (Å²) in [6, 6.07) is 7.60. The molecule has 1 amide bonds. The Balaban J connectivity index is 1.22. The normalized spacial score (nSPS) is 22.3. The van der Waals surface area contributed by atoms with Gasteiger partial charge in [0.15, 0.2) is 5.76 Å². The maximum absolute atomic E-state index is 12.9. The van der Waals surface area contributed by atoms with E-state index in [0.717, 1.165) is 76.0 Å². The Hall–Kier alpha value is -3.63. The van der Waals surface area contributed by atoms with Gasteiger partial charge in [0, 0.05) is 42.7 Å². The van der Waals surface area contributed by atoms with Crippen LogP contribution >= 0.6 is 0 Å². The molecule has 2 aromatic heterocycles. The number of amides is 1. The molecule has 0 unspecified atom stereocenters. The molecule has 3 atom stereocenters. The monoisotopic (exact) mass is 528 g/mol. The van der Waals surface area contributed by atoms with Crippen LogP contribution in [0.2, 0.25) is 0 Å². The van der Waals surface area contributed by atoms with Gasteiger partial charge in [-0.25, -0.2) is 15.0 Å². The minimum absolute atomic E-state index is 0.213. The van der Waals surface area contributed by atoms with Crippen LogP contribution in [0, 0.1) is 11.8 Å². The molecule has 1 aliphatic carbocycles. The Kier molecular flexibility index (Phi) is 7.53. The highest BCUT2D eigenvalue weighted by Gasteiger charge is 2.33. The van der Waals surface area contributed by atoms with E-state index in [9.17, 15) is 18.0 Å². The van der Waals surface area contributed by atoms with Crippen LogP contribution in [0.4, 0.5) is 25.1 Å². The van der Waals surface area contributed by atoms with Crippen molar-refractivity contribution in [3.05, 3.63) is 54.0 Å². The van der Waals surface area contributed by atoms with Crippen molar-refractivity contribution in [3.8, 4) is 11.3 Å². The molecule has 2 aliphatic rings. The molecule has 38 heavy (non-hydrogen) atoms. The summed E-state index contributed by atoms with van der Waals surface area (Å²) in [5.41, 5.74) is 5.70. The SMILES string of the molecule is NC(=O)c1cccc(-c2cnc(N[C@@H]3CCCC[C@H]3C[C@H]3CCCN(c4ncc(C(F)(F)F)cn4)C3)o2)c1. The van der Waals surface area contributed by atoms with Crippen molar-refractivity contribution in [1.29, 1.82) is 0 Å². The van der Waals surface area contributed by atoms with Gasteiger partial charge in [0.05, 0.1) is 11.8 Å². The number of rotatable bonds is 7. The molecule has 3 N–H and O–H groups in total. The number of hydrogen-bond acceptors (Lipinski definition) is 7. The largest absolute Gasteiger partial charge is 0.424 e. The highest BCUT2D eigenvalue weighted by Crippen LogP contribution is 2.36. The summed E-state index contributed by atoms with van der Waals surface area (Å²) in [7, 11) is 0. The molecule has 11 heteroatoms. The minimum atomic E-state index is -4.44. The second kappa shape index (κ2) is 11.0. The molecule has 1 saturated heterocycles. The van der Waals surface area contributed by atoms with Crippen LogP contribution in [0.25, 0.3) is 11.3 Å². The van der Waals surface area contributed by atoms with Gasteiger partial charge in [0.2, 0.25) is 11.9 Å². The van der Waals surface area contributed by atoms with Gasteiger partial charge in [-0.1, -0.05) is 25.0 Å². The van der Waals surface area contributed by atoms with Crippen molar-refractivity contribution in [2.24, 2.45) is 17.6 Å². The zero-order valence-corrected chi connectivity index (χ0v) is 21.0. The molecule has 0 radical (unpaired) electrons. The highest BCUT2D eigenvalue weighted by atomic mass is 19.4. The van der Waals surface area contributed by atoms with Crippen LogP contribution in [0.5, 0.6) is 0 Å². The molecule has 3 aromatic rings. The summed E-state index contributed by atoms with van der Waals surface area (Å²) >= 11 is 0. The summed E-state index contributed by atoms with van der Waals surface area (Å²) in [6.45, 7) is 1.47. The zero-order valence-electron chi connectivity index (χ0n) is 21.0. The number of nitrogens with one attached hydrogen (secondary N) is 1. The summed E-state index contributed by atoms with van der Waals surface area (Å²) in [5.74, 6) is 1.24. The summed E-state index contributed by atoms with van der Waals surface area (Å²) in [4.78, 5) is 25.9. The molecular formula is C27H31F3N6O2. The Morgan fingerprint density at radius 2 is 1.87 bits per heavy atom. The number of nitrogens with two attached hydrogens (primary N) is 1. The first-order chi connectivity index (χ1) is 18.3. The van der Waals surface area contributed by atoms with Gasteiger partial charge < -0.3 is 20.4 Å². The molecule has 0 bridgehead atoms. The van der Waals surface area contributed by atoms with E-state index in [1.807, 2.05) is 11.0 Å². The third kappa shape index (κ3) is 6.08. The van der Waals surface area contributed by atoms with Crippen molar-refractivity contribution in [1.82, 2.24) is 15.0 Å². The van der Waals surface area contributed by atoms with Gasteiger partial charge in [-0.05, 0) is 56.1 Å².